The third kappa shape index (κ3) is 6.18. The molecule has 2 atom stereocenters. The molecular formula is C32H37ClN6O4. The van der Waals surface area contributed by atoms with E-state index in [1.165, 1.54) is 0 Å². The summed E-state index contributed by atoms with van der Waals surface area (Å²) in [7, 11) is 1.91. The number of hydrogen-bond acceptors (Lipinski definition) is 7. The third-order valence-electron chi connectivity index (χ3n) is 8.49. The van der Waals surface area contributed by atoms with E-state index in [0.29, 0.717) is 37.8 Å². The number of hydrogen-bond donors (Lipinski definition) is 1. The summed E-state index contributed by atoms with van der Waals surface area (Å²) < 4.78 is 13.1. The Bertz CT molecular complexity index is 1540. The zero-order valence-corrected chi connectivity index (χ0v) is 25.5. The number of benzene rings is 1. The van der Waals surface area contributed by atoms with E-state index in [4.69, 9.17) is 26.1 Å². The average Bonchev–Trinajstić information content (AvgIpc) is 3.61. The van der Waals surface area contributed by atoms with E-state index in [9.17, 15) is 9.59 Å². The number of nitrogens with one attached hydrogen (secondary N) is 1. The van der Waals surface area contributed by atoms with Crippen LogP contribution < -0.4 is 5.32 Å². The molecule has 0 bridgehead atoms. The van der Waals surface area contributed by atoms with Crippen LogP contribution in [0.2, 0.25) is 5.02 Å². The van der Waals surface area contributed by atoms with Gasteiger partial charge in [0.15, 0.2) is 0 Å². The van der Waals surface area contributed by atoms with Gasteiger partial charge in [-0.1, -0.05) is 23.7 Å². The number of fused-ring (bicyclic) bond motifs is 2. The first-order valence-electron chi connectivity index (χ1n) is 14.8. The van der Waals surface area contributed by atoms with Gasteiger partial charge in [-0.15, -0.1) is 0 Å². The number of amides is 2. The molecule has 1 aromatic carbocycles. The second-order valence-electron chi connectivity index (χ2n) is 11.6. The number of carbonyl (C=O) groups is 2. The maximum absolute atomic E-state index is 13.1. The lowest BCUT2D eigenvalue weighted by Crippen LogP contribution is -2.50. The van der Waals surface area contributed by atoms with Crippen LogP contribution in [0.5, 0.6) is 0 Å². The molecule has 2 unspecified atom stereocenters. The predicted molar refractivity (Wildman–Crippen MR) is 163 cm³/mol. The van der Waals surface area contributed by atoms with Gasteiger partial charge in [0, 0.05) is 51.1 Å². The molecule has 2 aromatic heterocycles. The van der Waals surface area contributed by atoms with Crippen molar-refractivity contribution in [3.8, 4) is 0 Å². The van der Waals surface area contributed by atoms with E-state index in [0.717, 1.165) is 46.5 Å². The second-order valence-corrected chi connectivity index (χ2v) is 12.1. The molecule has 1 saturated heterocycles. The van der Waals surface area contributed by atoms with Crippen molar-refractivity contribution < 1.29 is 19.1 Å². The van der Waals surface area contributed by atoms with Crippen molar-refractivity contribution in [1.82, 2.24) is 29.7 Å². The second kappa shape index (κ2) is 12.1. The molecule has 2 aliphatic carbocycles. The van der Waals surface area contributed by atoms with Gasteiger partial charge < -0.3 is 24.3 Å². The van der Waals surface area contributed by atoms with Crippen LogP contribution in [0, 0.1) is 0 Å². The molecule has 1 aliphatic heterocycles. The van der Waals surface area contributed by atoms with Crippen molar-refractivity contribution in [1.29, 1.82) is 0 Å². The number of aryl methyl sites for hydroxylation is 1. The minimum atomic E-state index is -0.528. The van der Waals surface area contributed by atoms with Gasteiger partial charge in [-0.2, -0.15) is 0 Å². The summed E-state index contributed by atoms with van der Waals surface area (Å²) in [6.45, 7) is 6.66. The first-order valence-corrected chi connectivity index (χ1v) is 15.2. The van der Waals surface area contributed by atoms with Gasteiger partial charge in [0.1, 0.15) is 12.2 Å². The minimum Gasteiger partial charge on any atom is -0.443 e. The molecular weight excluding hydrogens is 568 g/mol. The van der Waals surface area contributed by atoms with E-state index >= 15 is 0 Å². The summed E-state index contributed by atoms with van der Waals surface area (Å²) in [5, 5.41) is 3.78. The van der Waals surface area contributed by atoms with Crippen molar-refractivity contribution in [3.63, 3.8) is 0 Å². The third-order valence-corrected chi connectivity index (χ3v) is 8.73. The Morgan fingerprint density at radius 2 is 1.98 bits per heavy atom. The number of pyridine rings is 1. The quantitative estimate of drug-likeness (QED) is 0.401. The summed E-state index contributed by atoms with van der Waals surface area (Å²) in [5.41, 5.74) is 5.20. The van der Waals surface area contributed by atoms with Crippen molar-refractivity contribution in [2.45, 2.75) is 44.4 Å². The molecule has 1 N–H and O–H groups in total. The smallest absolute Gasteiger partial charge is 0.410 e. The Balaban J connectivity index is 1.39. The van der Waals surface area contributed by atoms with Crippen LogP contribution in [0.4, 0.5) is 4.79 Å². The maximum atomic E-state index is 13.1. The molecule has 11 heteroatoms. The monoisotopic (exact) mass is 604 g/mol. The molecule has 3 aliphatic rings. The fourth-order valence-corrected chi connectivity index (χ4v) is 6.04. The molecule has 2 amide bonds. The van der Waals surface area contributed by atoms with Crippen LogP contribution >= 0.6 is 11.6 Å². The number of nitrogens with zero attached hydrogens (tertiary/aromatic N) is 5. The number of imidazole rings is 1. The molecule has 3 heterocycles. The summed E-state index contributed by atoms with van der Waals surface area (Å²) in [4.78, 5) is 39.3. The zero-order chi connectivity index (χ0) is 30.1. The van der Waals surface area contributed by atoms with E-state index in [2.05, 4.69) is 33.4 Å². The molecule has 6 rings (SSSR count). The van der Waals surface area contributed by atoms with Crippen LogP contribution in [0.1, 0.15) is 66.9 Å². The molecule has 0 radical (unpaired) electrons. The van der Waals surface area contributed by atoms with Crippen LogP contribution in [0.15, 0.2) is 49.1 Å². The minimum absolute atomic E-state index is 0.0484. The highest BCUT2D eigenvalue weighted by Crippen LogP contribution is 2.44. The molecule has 2 fully saturated rings. The van der Waals surface area contributed by atoms with Gasteiger partial charge in [0.25, 0.3) is 0 Å². The van der Waals surface area contributed by atoms with Gasteiger partial charge in [-0.25, -0.2) is 9.78 Å². The van der Waals surface area contributed by atoms with Crippen molar-refractivity contribution in [3.05, 3.63) is 82.2 Å². The molecule has 1 saturated carbocycles. The van der Waals surface area contributed by atoms with Crippen LogP contribution in [-0.4, -0.2) is 81.3 Å². The lowest BCUT2D eigenvalue weighted by molar-refractivity contribution is -0.126. The molecule has 3 aromatic rings. The number of aromatic nitrogens is 3. The lowest BCUT2D eigenvalue weighted by Gasteiger charge is -2.39. The lowest BCUT2D eigenvalue weighted by atomic mass is 9.89. The summed E-state index contributed by atoms with van der Waals surface area (Å²) >= 11 is 6.65. The predicted octanol–water partition coefficient (Wildman–Crippen LogP) is 4.61. The normalized spacial score (nSPS) is 19.9. The van der Waals surface area contributed by atoms with Gasteiger partial charge >= 0.3 is 6.09 Å². The van der Waals surface area contributed by atoms with E-state index < -0.39 is 6.04 Å². The number of halogens is 1. The molecule has 43 heavy (non-hydrogen) atoms. The summed E-state index contributed by atoms with van der Waals surface area (Å²) in [6.07, 6.45) is 9.00. The van der Waals surface area contributed by atoms with E-state index in [1.807, 2.05) is 49.9 Å². The summed E-state index contributed by atoms with van der Waals surface area (Å²) in [6, 6.07) is 9.17. The Kier molecular flexibility index (Phi) is 8.26. The van der Waals surface area contributed by atoms with Gasteiger partial charge in [0.2, 0.25) is 5.91 Å². The largest absolute Gasteiger partial charge is 0.443 e. The number of piperazine rings is 1. The fraction of sp³-hybridized carbons (Fsp3) is 0.438. The van der Waals surface area contributed by atoms with Crippen molar-refractivity contribution in [2.24, 2.45) is 7.05 Å². The van der Waals surface area contributed by atoms with E-state index in [1.54, 1.807) is 17.4 Å². The zero-order valence-electron chi connectivity index (χ0n) is 24.8. The number of ether oxygens (including phenoxy) is 2. The fourth-order valence-electron chi connectivity index (χ4n) is 5.87. The molecule has 0 spiro atoms. The van der Waals surface area contributed by atoms with Gasteiger partial charge in [0.05, 0.1) is 36.0 Å². The Morgan fingerprint density at radius 3 is 2.67 bits per heavy atom. The van der Waals surface area contributed by atoms with Crippen LogP contribution in [0.25, 0.3) is 11.6 Å². The molecule has 226 valence electrons. The van der Waals surface area contributed by atoms with Crippen LogP contribution in [0.3, 0.4) is 0 Å². The van der Waals surface area contributed by atoms with Crippen molar-refractivity contribution in [2.75, 3.05) is 39.4 Å². The first kappa shape index (κ1) is 29.3. The van der Waals surface area contributed by atoms with E-state index in [-0.39, 0.29) is 30.3 Å². The maximum Gasteiger partial charge on any atom is 0.410 e. The average molecular weight is 605 g/mol. The number of carbonyl (C=O) groups excluding carboxylic acids is 2. The highest BCUT2D eigenvalue weighted by atomic mass is 35.5. The molecule has 10 nitrogen and oxygen atoms in total. The highest BCUT2D eigenvalue weighted by molar-refractivity contribution is 6.30. The Hall–Kier alpha value is -3.73. The van der Waals surface area contributed by atoms with Gasteiger partial charge in [-0.05, 0) is 73.2 Å². The van der Waals surface area contributed by atoms with Crippen molar-refractivity contribution >= 4 is 35.3 Å². The van der Waals surface area contributed by atoms with Crippen LogP contribution in [-0.2, 0) is 21.3 Å². The highest BCUT2D eigenvalue weighted by Gasteiger charge is 2.43. The number of rotatable bonds is 8. The SMILES string of the molecule is CCOCC(=O)NC(C1=Cc2cccnc2C(N2CCN(C(=O)OC3(C)CC3)CC2)c2ccc(Cl)cc21)c1cncn1C. The van der Waals surface area contributed by atoms with Gasteiger partial charge in [-0.3, -0.25) is 14.7 Å². The Morgan fingerprint density at radius 1 is 1.19 bits per heavy atom. The Labute approximate surface area is 256 Å². The standard InChI is InChI=1S/C32H37ClN6O4/c1-4-42-19-27(40)36-29(26-18-34-20-37(26)3)25-16-21-6-5-11-35-28(21)30(23-8-7-22(33)17-24(23)25)38-12-14-39(15-13-38)31(41)43-32(2)9-10-32/h5-8,11,16-18,20,29-30H,4,9-10,12-15,19H2,1-3H3,(H,36,40). The first-order chi connectivity index (χ1) is 20.8. The topological polar surface area (TPSA) is 102 Å². The summed E-state index contributed by atoms with van der Waals surface area (Å²) in [5.74, 6) is -0.229.